The number of nitrogens with one attached hydrogen (secondary N) is 1. The van der Waals surface area contributed by atoms with Crippen LogP contribution in [0.25, 0.3) is 10.9 Å². The summed E-state index contributed by atoms with van der Waals surface area (Å²) in [5, 5.41) is 5.04. The van der Waals surface area contributed by atoms with Crippen LogP contribution in [0.5, 0.6) is 0 Å². The van der Waals surface area contributed by atoms with E-state index < -0.39 is 0 Å². The van der Waals surface area contributed by atoms with E-state index >= 15 is 0 Å². The number of halogens is 2. The van der Waals surface area contributed by atoms with Crippen LogP contribution >= 0.6 is 35.0 Å². The molecule has 3 nitrogen and oxygen atoms in total. The molecule has 0 fully saturated rings. The summed E-state index contributed by atoms with van der Waals surface area (Å²) in [4.78, 5) is 13.7. The topological polar surface area (TPSA) is 34.0 Å². The Balaban J connectivity index is 1.44. The van der Waals surface area contributed by atoms with E-state index in [4.69, 9.17) is 23.2 Å². The predicted octanol–water partition coefficient (Wildman–Crippen LogP) is 6.67. The lowest BCUT2D eigenvalue weighted by atomic mass is 10.2. The van der Waals surface area contributed by atoms with Gasteiger partial charge in [-0.15, -0.1) is 11.8 Å². The average Bonchev–Trinajstić information content (AvgIpc) is 3.11. The van der Waals surface area contributed by atoms with Crippen molar-refractivity contribution in [2.45, 2.75) is 17.2 Å². The van der Waals surface area contributed by atoms with E-state index in [1.807, 2.05) is 23.9 Å². The molecule has 0 radical (unpaired) electrons. The number of benzene rings is 3. The molecule has 0 spiro atoms. The molecule has 4 rings (SSSR count). The second-order valence-electron chi connectivity index (χ2n) is 6.86. The fraction of sp³-hybridized carbons (Fsp3) is 0.125. The third-order valence-electron chi connectivity index (χ3n) is 4.80. The van der Waals surface area contributed by atoms with Crippen LogP contribution < -0.4 is 5.32 Å². The van der Waals surface area contributed by atoms with Gasteiger partial charge >= 0.3 is 0 Å². The van der Waals surface area contributed by atoms with Crippen LogP contribution in [-0.4, -0.2) is 17.0 Å². The predicted molar refractivity (Wildman–Crippen MR) is 127 cm³/mol. The van der Waals surface area contributed by atoms with Crippen LogP contribution in [-0.2, 0) is 12.3 Å². The third kappa shape index (κ3) is 4.84. The highest BCUT2D eigenvalue weighted by atomic mass is 35.5. The fourth-order valence-corrected chi connectivity index (χ4v) is 4.85. The molecular weight excluding hydrogens is 435 g/mol. The smallest absolute Gasteiger partial charge is 0.252 e. The minimum absolute atomic E-state index is 0.202. The fourth-order valence-electron chi connectivity index (χ4n) is 3.31. The molecule has 0 aliphatic rings. The summed E-state index contributed by atoms with van der Waals surface area (Å²) in [5.74, 6) is 0.715. The van der Waals surface area contributed by atoms with Crippen LogP contribution in [0.1, 0.15) is 15.9 Å². The Morgan fingerprint density at radius 2 is 1.73 bits per heavy atom. The molecule has 0 unspecified atom stereocenters. The van der Waals surface area contributed by atoms with Gasteiger partial charge in [0, 0.05) is 45.9 Å². The second kappa shape index (κ2) is 9.61. The van der Waals surface area contributed by atoms with Crippen molar-refractivity contribution in [3.05, 3.63) is 100 Å². The maximum atomic E-state index is 12.4. The lowest BCUT2D eigenvalue weighted by Crippen LogP contribution is -2.27. The summed E-state index contributed by atoms with van der Waals surface area (Å²) in [6, 6.07) is 23.7. The molecule has 0 atom stereocenters. The molecule has 0 aliphatic carbocycles. The number of aromatic nitrogens is 1. The van der Waals surface area contributed by atoms with Gasteiger partial charge in [0.05, 0.1) is 10.6 Å². The van der Waals surface area contributed by atoms with Gasteiger partial charge in [0.2, 0.25) is 0 Å². The molecule has 1 N–H and O–H groups in total. The first kappa shape index (κ1) is 20.9. The molecule has 0 saturated carbocycles. The van der Waals surface area contributed by atoms with Crippen LogP contribution in [0, 0.1) is 0 Å². The van der Waals surface area contributed by atoms with Gasteiger partial charge in [-0.25, -0.2) is 0 Å². The summed E-state index contributed by atoms with van der Waals surface area (Å²) in [7, 11) is 0. The van der Waals surface area contributed by atoms with E-state index in [-0.39, 0.29) is 5.91 Å². The molecule has 30 heavy (non-hydrogen) atoms. The first-order chi connectivity index (χ1) is 14.6. The average molecular weight is 455 g/mol. The Morgan fingerprint density at radius 3 is 2.53 bits per heavy atom. The lowest BCUT2D eigenvalue weighted by molar-refractivity contribution is 0.0952. The van der Waals surface area contributed by atoms with Crippen LogP contribution in [0.3, 0.4) is 0 Å². The van der Waals surface area contributed by atoms with Gasteiger partial charge in [-0.1, -0.05) is 71.7 Å². The van der Waals surface area contributed by atoms with E-state index in [0.29, 0.717) is 28.7 Å². The van der Waals surface area contributed by atoms with Gasteiger partial charge in [-0.2, -0.15) is 0 Å². The normalized spacial score (nSPS) is 11.0. The summed E-state index contributed by atoms with van der Waals surface area (Å²) >= 11 is 13.9. The Morgan fingerprint density at radius 1 is 0.967 bits per heavy atom. The van der Waals surface area contributed by atoms with Gasteiger partial charge in [0.1, 0.15) is 0 Å². The summed E-state index contributed by atoms with van der Waals surface area (Å²) in [6.45, 7) is 1.17. The van der Waals surface area contributed by atoms with Crippen molar-refractivity contribution in [1.29, 1.82) is 0 Å². The quantitative estimate of drug-likeness (QED) is 0.316. The highest BCUT2D eigenvalue weighted by Crippen LogP contribution is 2.32. The highest BCUT2D eigenvalue weighted by molar-refractivity contribution is 7.98. The molecule has 0 aliphatic heterocycles. The standard InChI is InChI=1S/C24H20Cl2N2OS/c25-18-10-11-19(21(26)14-18)24(29)27-12-13-28-15-23(20-8-4-5-9-22(20)28)30-16-17-6-2-1-3-7-17/h1-11,14-15H,12-13,16H2,(H,27,29). The van der Waals surface area contributed by atoms with Crippen molar-refractivity contribution in [2.75, 3.05) is 6.54 Å². The van der Waals surface area contributed by atoms with E-state index in [1.165, 1.54) is 15.8 Å². The highest BCUT2D eigenvalue weighted by Gasteiger charge is 2.12. The van der Waals surface area contributed by atoms with Gasteiger partial charge in [0.25, 0.3) is 5.91 Å². The van der Waals surface area contributed by atoms with Gasteiger partial charge < -0.3 is 9.88 Å². The maximum Gasteiger partial charge on any atom is 0.252 e. The number of rotatable bonds is 7. The number of fused-ring (bicyclic) bond motifs is 1. The zero-order valence-corrected chi connectivity index (χ0v) is 18.5. The summed E-state index contributed by atoms with van der Waals surface area (Å²) in [5.41, 5.74) is 2.89. The minimum atomic E-state index is -0.202. The Bertz CT molecular complexity index is 1170. The van der Waals surface area contributed by atoms with Crippen molar-refractivity contribution < 1.29 is 4.79 Å². The summed E-state index contributed by atoms with van der Waals surface area (Å²) in [6.07, 6.45) is 2.17. The molecule has 152 valence electrons. The number of nitrogens with zero attached hydrogens (tertiary/aromatic N) is 1. The number of hydrogen-bond acceptors (Lipinski definition) is 2. The molecule has 1 heterocycles. The van der Waals surface area contributed by atoms with Crippen molar-refractivity contribution in [1.82, 2.24) is 9.88 Å². The number of amides is 1. The van der Waals surface area contributed by atoms with E-state index in [1.54, 1.807) is 18.2 Å². The number of carbonyl (C=O) groups is 1. The van der Waals surface area contributed by atoms with Crippen LogP contribution in [0.15, 0.2) is 83.9 Å². The number of carbonyl (C=O) groups excluding carboxylic acids is 1. The second-order valence-corrected chi connectivity index (χ2v) is 8.72. The molecule has 4 aromatic rings. The van der Waals surface area contributed by atoms with E-state index in [2.05, 4.69) is 58.5 Å². The van der Waals surface area contributed by atoms with E-state index in [0.717, 1.165) is 11.3 Å². The van der Waals surface area contributed by atoms with E-state index in [9.17, 15) is 4.79 Å². The number of hydrogen-bond donors (Lipinski definition) is 1. The van der Waals surface area contributed by atoms with Crippen molar-refractivity contribution in [2.24, 2.45) is 0 Å². The van der Waals surface area contributed by atoms with Crippen LogP contribution in [0.2, 0.25) is 10.0 Å². The Kier molecular flexibility index (Phi) is 6.68. The van der Waals surface area contributed by atoms with Gasteiger partial charge in [-0.05, 0) is 29.8 Å². The minimum Gasteiger partial charge on any atom is -0.350 e. The molecule has 1 amide bonds. The van der Waals surface area contributed by atoms with Gasteiger partial charge in [0.15, 0.2) is 0 Å². The largest absolute Gasteiger partial charge is 0.350 e. The number of thioether (sulfide) groups is 1. The molecule has 1 aromatic heterocycles. The van der Waals surface area contributed by atoms with Crippen molar-refractivity contribution >= 4 is 51.8 Å². The lowest BCUT2D eigenvalue weighted by Gasteiger charge is -2.09. The van der Waals surface area contributed by atoms with Crippen LogP contribution in [0.4, 0.5) is 0 Å². The molecule has 0 bridgehead atoms. The number of para-hydroxylation sites is 1. The van der Waals surface area contributed by atoms with Crippen molar-refractivity contribution in [3.63, 3.8) is 0 Å². The zero-order chi connectivity index (χ0) is 20.9. The first-order valence-electron chi connectivity index (χ1n) is 9.59. The monoisotopic (exact) mass is 454 g/mol. The molecule has 0 saturated heterocycles. The Labute approximate surface area is 190 Å². The first-order valence-corrected chi connectivity index (χ1v) is 11.3. The van der Waals surface area contributed by atoms with Crippen molar-refractivity contribution in [3.8, 4) is 0 Å². The summed E-state index contributed by atoms with van der Waals surface area (Å²) < 4.78 is 2.19. The Hall–Kier alpha value is -2.40. The maximum absolute atomic E-state index is 12.4. The third-order valence-corrected chi connectivity index (χ3v) is 6.47. The SMILES string of the molecule is O=C(NCCn1cc(SCc2ccccc2)c2ccccc21)c1ccc(Cl)cc1Cl. The molecule has 6 heteroatoms. The zero-order valence-electron chi connectivity index (χ0n) is 16.1. The van der Waals surface area contributed by atoms with Gasteiger partial charge in [-0.3, -0.25) is 4.79 Å². The molecular formula is C24H20Cl2N2OS. The molecule has 3 aromatic carbocycles.